The highest BCUT2D eigenvalue weighted by Crippen LogP contribution is 2.19. The van der Waals surface area contributed by atoms with Gasteiger partial charge in [0.25, 0.3) is 0 Å². The number of carbonyl (C=O) groups is 2. The minimum Gasteiger partial charge on any atom is -0.378 e. The lowest BCUT2D eigenvalue weighted by molar-refractivity contribution is -0.146. The number of carbonyl (C=O) groups excluding carboxylic acids is 2. The highest BCUT2D eigenvalue weighted by molar-refractivity contribution is 5.91. The van der Waals surface area contributed by atoms with Gasteiger partial charge in [-0.25, -0.2) is 4.39 Å². The van der Waals surface area contributed by atoms with Crippen molar-refractivity contribution in [3.63, 3.8) is 0 Å². The molecule has 2 aliphatic rings. The Morgan fingerprint density at radius 3 is 2.44 bits per heavy atom. The summed E-state index contributed by atoms with van der Waals surface area (Å²) in [5.74, 6) is -0.608. The second-order valence-electron chi connectivity index (χ2n) is 6.21. The van der Waals surface area contributed by atoms with Crippen molar-refractivity contribution < 1.29 is 18.7 Å². The number of morpholine rings is 1. The number of ether oxygens (including phenoxy) is 1. The molecule has 2 fully saturated rings. The molecule has 1 aromatic rings. The van der Waals surface area contributed by atoms with Crippen LogP contribution in [0.25, 0.3) is 0 Å². The maximum Gasteiger partial charge on any atom is 0.245 e. The minimum atomic E-state index is -0.602. The van der Waals surface area contributed by atoms with Gasteiger partial charge in [0.15, 0.2) is 0 Å². The van der Waals surface area contributed by atoms with Crippen molar-refractivity contribution in [3.8, 4) is 0 Å². The summed E-state index contributed by atoms with van der Waals surface area (Å²) < 4.78 is 18.4. The van der Waals surface area contributed by atoms with Gasteiger partial charge in [0.05, 0.1) is 19.3 Å². The molecule has 2 heterocycles. The molecule has 0 aliphatic carbocycles. The Bertz CT molecular complexity index is 608. The molecule has 25 heavy (non-hydrogen) atoms. The Kier molecular flexibility index (Phi) is 6.75. The fourth-order valence-corrected chi connectivity index (χ4v) is 3.20. The highest BCUT2D eigenvalue weighted by atomic mass is 35.5. The molecule has 6 nitrogen and oxygen atoms in total. The fraction of sp³-hybridized carbons (Fsp3) is 0.529. The van der Waals surface area contributed by atoms with Gasteiger partial charge < -0.3 is 20.3 Å². The fourth-order valence-electron chi connectivity index (χ4n) is 3.20. The van der Waals surface area contributed by atoms with Crippen molar-refractivity contribution in [2.24, 2.45) is 5.73 Å². The molecule has 2 aliphatic heterocycles. The van der Waals surface area contributed by atoms with E-state index in [9.17, 15) is 14.0 Å². The van der Waals surface area contributed by atoms with Crippen LogP contribution in [0, 0.1) is 5.82 Å². The quantitative estimate of drug-likeness (QED) is 0.840. The van der Waals surface area contributed by atoms with E-state index in [0.717, 1.165) is 5.56 Å². The number of benzene rings is 1. The first kappa shape index (κ1) is 19.6. The Morgan fingerprint density at radius 2 is 1.88 bits per heavy atom. The van der Waals surface area contributed by atoms with Crippen LogP contribution in [-0.4, -0.2) is 66.5 Å². The summed E-state index contributed by atoms with van der Waals surface area (Å²) in [5.41, 5.74) is 6.63. The van der Waals surface area contributed by atoms with E-state index in [4.69, 9.17) is 10.5 Å². The molecule has 1 aromatic carbocycles. The zero-order chi connectivity index (χ0) is 17.1. The molecule has 2 atom stereocenters. The van der Waals surface area contributed by atoms with Crippen LogP contribution in [0.15, 0.2) is 24.3 Å². The lowest BCUT2D eigenvalue weighted by Crippen LogP contribution is -2.54. The number of rotatable bonds is 4. The van der Waals surface area contributed by atoms with E-state index in [1.807, 2.05) is 0 Å². The van der Waals surface area contributed by atoms with Crippen LogP contribution in [0.1, 0.15) is 12.0 Å². The number of likely N-dealkylation sites (tertiary alicyclic amines) is 1. The molecule has 2 saturated heterocycles. The lowest BCUT2D eigenvalue weighted by atomic mass is 10.0. The summed E-state index contributed by atoms with van der Waals surface area (Å²) in [6, 6.07) is 4.88. The third kappa shape index (κ3) is 4.48. The maximum absolute atomic E-state index is 13.1. The van der Waals surface area contributed by atoms with E-state index in [2.05, 4.69) is 0 Å². The number of hydrogen-bond acceptors (Lipinski definition) is 4. The van der Waals surface area contributed by atoms with Crippen LogP contribution in [-0.2, 0) is 20.7 Å². The lowest BCUT2D eigenvalue weighted by Gasteiger charge is -2.34. The summed E-state index contributed by atoms with van der Waals surface area (Å²) in [5, 5.41) is 0. The van der Waals surface area contributed by atoms with Crippen molar-refractivity contribution in [1.29, 1.82) is 0 Å². The van der Waals surface area contributed by atoms with Crippen molar-refractivity contribution in [3.05, 3.63) is 35.6 Å². The Balaban J connectivity index is 0.00000225. The molecular formula is C17H23ClFN3O3. The van der Waals surface area contributed by atoms with E-state index >= 15 is 0 Å². The van der Waals surface area contributed by atoms with Crippen LogP contribution in [0.3, 0.4) is 0 Å². The van der Waals surface area contributed by atoms with Crippen LogP contribution in [0.4, 0.5) is 4.39 Å². The molecule has 0 bridgehead atoms. The minimum absolute atomic E-state index is 0. The van der Waals surface area contributed by atoms with Crippen LogP contribution in [0.5, 0.6) is 0 Å². The second kappa shape index (κ2) is 8.60. The van der Waals surface area contributed by atoms with Crippen molar-refractivity contribution in [2.45, 2.75) is 24.9 Å². The van der Waals surface area contributed by atoms with Gasteiger partial charge in [0, 0.05) is 26.1 Å². The van der Waals surface area contributed by atoms with Crippen molar-refractivity contribution in [1.82, 2.24) is 9.80 Å². The first-order chi connectivity index (χ1) is 11.6. The third-order valence-corrected chi connectivity index (χ3v) is 4.61. The zero-order valence-corrected chi connectivity index (χ0v) is 14.7. The van der Waals surface area contributed by atoms with Gasteiger partial charge in [-0.15, -0.1) is 12.4 Å². The number of nitrogens with two attached hydrogens (primary N) is 1. The standard InChI is InChI=1S/C17H22FN3O3.ClH/c18-13-3-1-12(2-4-13)11-15(21-6-5-14(19)16(21)22)17(23)20-7-9-24-10-8-20;/h1-4,14-15H,5-11,19H2;1H/t14-,15-;/m0./s1. The predicted octanol–water partition coefficient (Wildman–Crippen LogP) is 0.577. The van der Waals surface area contributed by atoms with Gasteiger partial charge >= 0.3 is 0 Å². The molecule has 0 aromatic heterocycles. The van der Waals surface area contributed by atoms with Gasteiger partial charge in [-0.3, -0.25) is 9.59 Å². The van der Waals surface area contributed by atoms with E-state index < -0.39 is 12.1 Å². The van der Waals surface area contributed by atoms with E-state index in [0.29, 0.717) is 45.7 Å². The molecule has 8 heteroatoms. The van der Waals surface area contributed by atoms with Gasteiger partial charge in [-0.1, -0.05) is 12.1 Å². The Hall–Kier alpha value is -1.70. The monoisotopic (exact) mass is 371 g/mol. The Labute approximate surface area is 152 Å². The van der Waals surface area contributed by atoms with E-state index in [1.165, 1.54) is 12.1 Å². The molecule has 0 radical (unpaired) electrons. The van der Waals surface area contributed by atoms with Gasteiger partial charge in [0.1, 0.15) is 11.9 Å². The summed E-state index contributed by atoms with van der Waals surface area (Å²) in [6.07, 6.45) is 0.907. The SMILES string of the molecule is Cl.N[C@H]1CCN([C@@H](Cc2ccc(F)cc2)C(=O)N2CCOCC2)C1=O. The average Bonchev–Trinajstić information content (AvgIpc) is 2.94. The zero-order valence-electron chi connectivity index (χ0n) is 13.9. The molecule has 2 amide bonds. The smallest absolute Gasteiger partial charge is 0.245 e. The third-order valence-electron chi connectivity index (χ3n) is 4.61. The molecule has 0 spiro atoms. The average molecular weight is 372 g/mol. The van der Waals surface area contributed by atoms with Crippen LogP contribution >= 0.6 is 12.4 Å². The number of amides is 2. The normalized spacial score (nSPS) is 21.8. The second-order valence-corrected chi connectivity index (χ2v) is 6.21. The molecule has 0 unspecified atom stereocenters. The van der Waals surface area contributed by atoms with Gasteiger partial charge in [-0.05, 0) is 24.1 Å². The number of hydrogen-bond donors (Lipinski definition) is 1. The molecule has 0 saturated carbocycles. The summed E-state index contributed by atoms with van der Waals surface area (Å²) in [4.78, 5) is 28.6. The van der Waals surface area contributed by atoms with E-state index in [1.54, 1.807) is 21.9 Å². The van der Waals surface area contributed by atoms with E-state index in [-0.39, 0.29) is 30.0 Å². The number of halogens is 2. The largest absolute Gasteiger partial charge is 0.378 e. The maximum atomic E-state index is 13.1. The Morgan fingerprint density at radius 1 is 1.24 bits per heavy atom. The van der Waals surface area contributed by atoms with Gasteiger partial charge in [0.2, 0.25) is 11.8 Å². The number of nitrogens with zero attached hydrogens (tertiary/aromatic N) is 2. The molecule has 3 rings (SSSR count). The molecule has 2 N–H and O–H groups in total. The van der Waals surface area contributed by atoms with Gasteiger partial charge in [-0.2, -0.15) is 0 Å². The summed E-state index contributed by atoms with van der Waals surface area (Å²) >= 11 is 0. The molecule has 138 valence electrons. The predicted molar refractivity (Wildman–Crippen MR) is 92.8 cm³/mol. The first-order valence-electron chi connectivity index (χ1n) is 8.23. The van der Waals surface area contributed by atoms with Crippen LogP contribution < -0.4 is 5.73 Å². The van der Waals surface area contributed by atoms with Crippen molar-refractivity contribution in [2.75, 3.05) is 32.8 Å². The first-order valence-corrected chi connectivity index (χ1v) is 8.23. The molecular weight excluding hydrogens is 349 g/mol. The summed E-state index contributed by atoms with van der Waals surface area (Å²) in [6.45, 7) is 2.52. The van der Waals surface area contributed by atoms with Crippen LogP contribution in [0.2, 0.25) is 0 Å². The van der Waals surface area contributed by atoms with Crippen molar-refractivity contribution >= 4 is 24.2 Å². The topological polar surface area (TPSA) is 75.9 Å². The summed E-state index contributed by atoms with van der Waals surface area (Å²) in [7, 11) is 0. The highest BCUT2D eigenvalue weighted by Gasteiger charge is 2.39.